The molecule has 0 heterocycles. The number of alkyl halides is 3. The van der Waals surface area contributed by atoms with Gasteiger partial charge in [-0.1, -0.05) is 110 Å². The minimum Gasteiger partial charge on any atom is -0.861 e. The zero-order chi connectivity index (χ0) is 22.0. The van der Waals surface area contributed by atoms with Crippen molar-refractivity contribution in [2.45, 2.75) is 128 Å². The van der Waals surface area contributed by atoms with Gasteiger partial charge in [-0.25, -0.2) is 0 Å². The molecule has 0 atom stereocenters. The molecule has 0 aliphatic heterocycles. The molecule has 0 unspecified atom stereocenters. The highest BCUT2D eigenvalue weighted by Gasteiger charge is 2.45. The van der Waals surface area contributed by atoms with Gasteiger partial charge in [0.15, 0.2) is 0 Å². The quantitative estimate of drug-likeness (QED) is 0.128. The molecule has 29 heavy (non-hydrogen) atoms. The minimum absolute atomic E-state index is 0.256. The van der Waals surface area contributed by atoms with E-state index in [1.54, 1.807) is 0 Å². The number of hydrogen-bond acceptors (Lipinski definition) is 3. The van der Waals surface area contributed by atoms with Crippen LogP contribution in [0, 0.1) is 0 Å². The zero-order valence-electron chi connectivity index (χ0n) is 17.9. The van der Waals surface area contributed by atoms with Gasteiger partial charge in [-0.2, -0.15) is 26.0 Å². The number of unbranched alkanes of at least 4 members (excludes halogenated alkanes) is 16. The first-order valence-corrected chi connectivity index (χ1v) is 12.7. The Morgan fingerprint density at radius 3 is 1.31 bits per heavy atom. The molecule has 0 aliphatic carbocycles. The SMILES string of the molecule is CCCCCCCCCCCCCCCCCCC/C([O-])=N/S(=O)(=O)C(F)(F)F. The molecule has 174 valence electrons. The second kappa shape index (κ2) is 16.9. The Morgan fingerprint density at radius 1 is 0.690 bits per heavy atom. The van der Waals surface area contributed by atoms with E-state index in [0.29, 0.717) is 12.8 Å². The highest BCUT2D eigenvalue weighted by Crippen LogP contribution is 2.24. The second-order valence-electron chi connectivity index (χ2n) is 7.81. The second-order valence-corrected chi connectivity index (χ2v) is 9.41. The molecular formula is C21H39F3NO3S-. The molecule has 0 spiro atoms. The standard InChI is InChI=1S/C21H40F3NO3S/c1-2-3-4-5-6-7-8-9-10-11-12-13-14-15-16-17-18-19-20(26)25-29(27,28)21(22,23)24/h2-19H2,1H3,(H,25,26)/p-1. The first kappa shape index (κ1) is 28.2. The summed E-state index contributed by atoms with van der Waals surface area (Å²) in [5, 5.41) is 11.2. The largest absolute Gasteiger partial charge is 0.861 e. The predicted octanol–water partition coefficient (Wildman–Crippen LogP) is 6.64. The Morgan fingerprint density at radius 2 is 1.00 bits per heavy atom. The molecule has 8 heteroatoms. The maximum Gasteiger partial charge on any atom is 0.518 e. The summed E-state index contributed by atoms with van der Waals surface area (Å²) in [4.78, 5) is 0. The third-order valence-corrected chi connectivity index (χ3v) is 6.04. The molecular weight excluding hydrogens is 403 g/mol. The van der Waals surface area contributed by atoms with E-state index < -0.39 is 21.4 Å². The van der Waals surface area contributed by atoms with Gasteiger partial charge in [-0.15, -0.1) is 0 Å². The van der Waals surface area contributed by atoms with Gasteiger partial charge in [-0.05, 0) is 18.7 Å². The van der Waals surface area contributed by atoms with Crippen LogP contribution in [-0.2, 0) is 10.0 Å². The van der Waals surface area contributed by atoms with Crippen LogP contribution in [0.3, 0.4) is 0 Å². The summed E-state index contributed by atoms with van der Waals surface area (Å²) < 4.78 is 60.1. The van der Waals surface area contributed by atoms with Crippen LogP contribution in [0.15, 0.2) is 4.40 Å². The number of halogens is 3. The highest BCUT2D eigenvalue weighted by molar-refractivity contribution is 7.91. The van der Waals surface area contributed by atoms with Crippen LogP contribution in [0.1, 0.15) is 122 Å². The molecule has 0 saturated heterocycles. The zero-order valence-corrected chi connectivity index (χ0v) is 18.8. The lowest BCUT2D eigenvalue weighted by molar-refractivity contribution is -0.218. The molecule has 0 aromatic rings. The summed E-state index contributed by atoms with van der Waals surface area (Å²) in [5.74, 6) is -1.22. The van der Waals surface area contributed by atoms with E-state index in [2.05, 4.69) is 11.3 Å². The van der Waals surface area contributed by atoms with E-state index in [9.17, 15) is 26.7 Å². The average Bonchev–Trinajstić information content (AvgIpc) is 2.63. The van der Waals surface area contributed by atoms with E-state index in [1.807, 2.05) is 0 Å². The van der Waals surface area contributed by atoms with Crippen LogP contribution in [0.2, 0.25) is 0 Å². The van der Waals surface area contributed by atoms with Crippen LogP contribution in [0.5, 0.6) is 0 Å². The minimum atomic E-state index is -5.69. The fourth-order valence-electron chi connectivity index (χ4n) is 3.23. The van der Waals surface area contributed by atoms with Gasteiger partial charge < -0.3 is 5.11 Å². The molecule has 0 aliphatic rings. The summed E-state index contributed by atoms with van der Waals surface area (Å²) in [7, 11) is -5.69. The molecule has 4 nitrogen and oxygen atoms in total. The summed E-state index contributed by atoms with van der Waals surface area (Å²) in [6.45, 7) is 2.24. The van der Waals surface area contributed by atoms with E-state index in [1.165, 1.54) is 77.0 Å². The van der Waals surface area contributed by atoms with E-state index in [4.69, 9.17) is 0 Å². The van der Waals surface area contributed by atoms with Crippen molar-refractivity contribution in [3.63, 3.8) is 0 Å². The Bertz CT molecular complexity index is 520. The Balaban J connectivity index is 3.42. The summed E-state index contributed by atoms with van der Waals surface area (Å²) in [6.07, 6.45) is 19.7. The predicted molar refractivity (Wildman–Crippen MR) is 111 cm³/mol. The van der Waals surface area contributed by atoms with E-state index in [0.717, 1.165) is 19.3 Å². The molecule has 0 aromatic heterocycles. The lowest BCUT2D eigenvalue weighted by Crippen LogP contribution is -2.26. The Labute approximate surface area is 175 Å². The molecule has 0 bridgehead atoms. The van der Waals surface area contributed by atoms with Gasteiger partial charge in [-0.3, -0.25) is 0 Å². The summed E-state index contributed by atoms with van der Waals surface area (Å²) >= 11 is 0. The van der Waals surface area contributed by atoms with Crippen molar-refractivity contribution in [1.82, 2.24) is 0 Å². The van der Waals surface area contributed by atoms with Crippen molar-refractivity contribution in [3.05, 3.63) is 0 Å². The maximum absolute atomic E-state index is 12.1. The van der Waals surface area contributed by atoms with Gasteiger partial charge in [0.05, 0.1) is 0 Å². The van der Waals surface area contributed by atoms with Gasteiger partial charge in [0.25, 0.3) is 0 Å². The summed E-state index contributed by atoms with van der Waals surface area (Å²) in [5.41, 5.74) is -5.50. The van der Waals surface area contributed by atoms with Crippen LogP contribution < -0.4 is 5.11 Å². The number of rotatable bonds is 19. The van der Waals surface area contributed by atoms with E-state index >= 15 is 0 Å². The lowest BCUT2D eigenvalue weighted by atomic mass is 10.0. The van der Waals surface area contributed by atoms with Crippen molar-refractivity contribution in [1.29, 1.82) is 0 Å². The van der Waals surface area contributed by atoms with Crippen molar-refractivity contribution in [3.8, 4) is 0 Å². The van der Waals surface area contributed by atoms with Crippen LogP contribution >= 0.6 is 0 Å². The van der Waals surface area contributed by atoms with Crippen molar-refractivity contribution >= 4 is 15.9 Å². The lowest BCUT2D eigenvalue weighted by Gasteiger charge is -2.11. The van der Waals surface area contributed by atoms with Crippen LogP contribution in [0.4, 0.5) is 13.2 Å². The monoisotopic (exact) mass is 442 g/mol. The smallest absolute Gasteiger partial charge is 0.518 e. The number of sulfonamides is 1. The van der Waals surface area contributed by atoms with Gasteiger partial charge >= 0.3 is 15.5 Å². The number of hydrogen-bond donors (Lipinski definition) is 0. The molecule has 0 aromatic carbocycles. The fraction of sp³-hybridized carbons (Fsp3) is 0.952. The topological polar surface area (TPSA) is 69.6 Å². The molecule has 0 radical (unpaired) electrons. The highest BCUT2D eigenvalue weighted by atomic mass is 32.2. The molecule has 0 amide bonds. The van der Waals surface area contributed by atoms with Crippen LogP contribution in [0.25, 0.3) is 0 Å². The maximum atomic E-state index is 12.1. The van der Waals surface area contributed by atoms with Crippen LogP contribution in [-0.4, -0.2) is 19.8 Å². The van der Waals surface area contributed by atoms with Crippen molar-refractivity contribution in [2.24, 2.45) is 4.40 Å². The first-order chi connectivity index (χ1) is 13.7. The van der Waals surface area contributed by atoms with Gasteiger partial charge in [0.2, 0.25) is 0 Å². The first-order valence-electron chi connectivity index (χ1n) is 11.3. The Kier molecular flexibility index (Phi) is 16.5. The van der Waals surface area contributed by atoms with E-state index in [-0.39, 0.29) is 6.42 Å². The summed E-state index contributed by atoms with van der Waals surface area (Å²) in [6, 6.07) is 0. The molecule has 0 rings (SSSR count). The van der Waals surface area contributed by atoms with Gasteiger partial charge in [0.1, 0.15) is 0 Å². The van der Waals surface area contributed by atoms with Crippen molar-refractivity contribution in [2.75, 3.05) is 0 Å². The number of nitrogens with zero attached hydrogens (tertiary/aromatic N) is 1. The normalized spacial score (nSPS) is 13.2. The molecule has 0 saturated carbocycles. The Hall–Kier alpha value is -0.790. The van der Waals surface area contributed by atoms with Gasteiger partial charge in [0, 0.05) is 0 Å². The molecule has 0 fully saturated rings. The van der Waals surface area contributed by atoms with Crippen molar-refractivity contribution < 1.29 is 26.7 Å². The fourth-order valence-corrected chi connectivity index (χ4v) is 3.70. The average molecular weight is 443 g/mol. The third-order valence-electron chi connectivity index (χ3n) is 5.01. The molecule has 0 N–H and O–H groups in total. The third kappa shape index (κ3) is 16.7.